The third-order valence-corrected chi connectivity index (χ3v) is 4.49. The molecule has 0 radical (unpaired) electrons. The molecule has 10 heteroatoms. The number of nitrogens with one attached hydrogen (secondary N) is 1. The van der Waals surface area contributed by atoms with E-state index >= 15 is 0 Å². The molecular weight excluding hydrogens is 368 g/mol. The number of nitro groups is 1. The number of nitrogens with zero attached hydrogens (tertiary/aromatic N) is 5. The summed E-state index contributed by atoms with van der Waals surface area (Å²) in [6, 6.07) is 0. The second kappa shape index (κ2) is 6.90. The van der Waals surface area contributed by atoms with Crippen molar-refractivity contribution in [3.63, 3.8) is 0 Å². The van der Waals surface area contributed by atoms with Crippen LogP contribution in [0.2, 0.25) is 0 Å². The average molecular weight is 385 g/mol. The van der Waals surface area contributed by atoms with Gasteiger partial charge in [0.1, 0.15) is 6.20 Å². The van der Waals surface area contributed by atoms with Crippen LogP contribution in [0.1, 0.15) is 28.3 Å². The molecule has 0 saturated heterocycles. The van der Waals surface area contributed by atoms with Gasteiger partial charge >= 0.3 is 5.69 Å². The molecule has 0 saturated carbocycles. The quantitative estimate of drug-likeness (QED) is 0.463. The van der Waals surface area contributed by atoms with Gasteiger partial charge in [0.05, 0.1) is 15.1 Å². The van der Waals surface area contributed by atoms with Crippen molar-refractivity contribution in [3.8, 4) is 0 Å². The van der Waals surface area contributed by atoms with E-state index < -0.39 is 10.8 Å². The second-order valence-electron chi connectivity index (χ2n) is 5.11. The fraction of sp³-hybridized carbons (Fsp3) is 0.462. The van der Waals surface area contributed by atoms with Crippen LogP contribution in [0.3, 0.4) is 0 Å². The molecule has 0 fully saturated rings. The Morgan fingerprint density at radius 3 is 2.70 bits per heavy atom. The van der Waals surface area contributed by atoms with Gasteiger partial charge < -0.3 is 5.32 Å². The fourth-order valence-electron chi connectivity index (χ4n) is 2.18. The van der Waals surface area contributed by atoms with Crippen molar-refractivity contribution in [3.05, 3.63) is 37.9 Å². The van der Waals surface area contributed by atoms with Crippen LogP contribution in [0.4, 0.5) is 5.69 Å². The Hall–Kier alpha value is -2.23. The Balaban J connectivity index is 1.90. The number of hydrogen-bond donors (Lipinski definition) is 1. The highest BCUT2D eigenvalue weighted by Gasteiger charge is 2.24. The number of amides is 1. The molecule has 0 bridgehead atoms. The SMILES string of the molecule is Cc1nn(CCCNC(=O)c2nn(C)cc2[N+](=O)[O-])c(C)c1Br. The molecule has 23 heavy (non-hydrogen) atoms. The number of halogens is 1. The molecule has 0 spiro atoms. The van der Waals surface area contributed by atoms with Crippen LogP contribution < -0.4 is 5.32 Å². The second-order valence-corrected chi connectivity index (χ2v) is 5.90. The maximum atomic E-state index is 12.0. The molecule has 0 aliphatic rings. The first-order chi connectivity index (χ1) is 10.8. The number of rotatable bonds is 6. The first-order valence-corrected chi connectivity index (χ1v) is 7.76. The van der Waals surface area contributed by atoms with Gasteiger partial charge in [-0.3, -0.25) is 24.3 Å². The summed E-state index contributed by atoms with van der Waals surface area (Å²) < 4.78 is 4.08. The molecule has 2 aromatic heterocycles. The van der Waals surface area contributed by atoms with Gasteiger partial charge in [-0.15, -0.1) is 0 Å². The van der Waals surface area contributed by atoms with Gasteiger partial charge in [-0.05, 0) is 36.2 Å². The van der Waals surface area contributed by atoms with E-state index in [4.69, 9.17) is 0 Å². The first-order valence-electron chi connectivity index (χ1n) is 6.97. The topological polar surface area (TPSA) is 108 Å². The van der Waals surface area contributed by atoms with E-state index in [1.54, 1.807) is 0 Å². The normalized spacial score (nSPS) is 10.8. The van der Waals surface area contributed by atoms with E-state index in [1.807, 2.05) is 18.5 Å². The number of aryl methyl sites for hydroxylation is 3. The Morgan fingerprint density at radius 2 is 2.13 bits per heavy atom. The van der Waals surface area contributed by atoms with Gasteiger partial charge in [0, 0.05) is 25.8 Å². The fourth-order valence-corrected chi connectivity index (χ4v) is 2.46. The van der Waals surface area contributed by atoms with Gasteiger partial charge in [-0.25, -0.2) is 0 Å². The number of aromatic nitrogens is 4. The summed E-state index contributed by atoms with van der Waals surface area (Å²) in [6.45, 7) is 4.89. The highest BCUT2D eigenvalue weighted by molar-refractivity contribution is 9.10. The summed E-state index contributed by atoms with van der Waals surface area (Å²) in [4.78, 5) is 22.3. The molecule has 2 rings (SSSR count). The first kappa shape index (κ1) is 17.1. The Labute approximate surface area is 140 Å². The number of carbonyl (C=O) groups excluding carboxylic acids is 1. The zero-order chi connectivity index (χ0) is 17.1. The zero-order valence-electron chi connectivity index (χ0n) is 13.0. The van der Waals surface area contributed by atoms with Crippen molar-refractivity contribution >= 4 is 27.5 Å². The molecule has 0 aliphatic carbocycles. The standard InChI is InChI=1S/C13H17BrN6O3/c1-8-11(14)9(2)19(16-8)6-4-5-15-13(21)12-10(20(22)23)7-18(3)17-12/h7H,4-6H2,1-3H3,(H,15,21). The third kappa shape index (κ3) is 3.76. The minimum atomic E-state index is -0.616. The summed E-state index contributed by atoms with van der Waals surface area (Å²) in [5.74, 6) is -0.549. The Kier molecular flexibility index (Phi) is 5.14. The molecule has 124 valence electrons. The smallest absolute Gasteiger partial charge is 0.320 e. The predicted molar refractivity (Wildman–Crippen MR) is 86.2 cm³/mol. The number of carbonyl (C=O) groups is 1. The lowest BCUT2D eigenvalue weighted by atomic mass is 10.3. The molecule has 0 aromatic carbocycles. The highest BCUT2D eigenvalue weighted by Crippen LogP contribution is 2.19. The lowest BCUT2D eigenvalue weighted by Gasteiger charge is -2.05. The van der Waals surface area contributed by atoms with Gasteiger partial charge in [0.25, 0.3) is 5.91 Å². The van der Waals surface area contributed by atoms with Crippen molar-refractivity contribution in [2.75, 3.05) is 6.54 Å². The molecule has 9 nitrogen and oxygen atoms in total. The van der Waals surface area contributed by atoms with Gasteiger partial charge in [-0.1, -0.05) is 0 Å². The van der Waals surface area contributed by atoms with Crippen molar-refractivity contribution in [1.29, 1.82) is 0 Å². The molecule has 0 unspecified atom stereocenters. The van der Waals surface area contributed by atoms with Crippen molar-refractivity contribution in [1.82, 2.24) is 24.9 Å². The summed E-state index contributed by atoms with van der Waals surface area (Å²) in [5.41, 5.74) is 1.46. The van der Waals surface area contributed by atoms with E-state index in [-0.39, 0.29) is 11.4 Å². The van der Waals surface area contributed by atoms with Crippen LogP contribution in [-0.2, 0) is 13.6 Å². The summed E-state index contributed by atoms with van der Waals surface area (Å²) in [7, 11) is 1.53. The van der Waals surface area contributed by atoms with Crippen LogP contribution in [0.15, 0.2) is 10.7 Å². The van der Waals surface area contributed by atoms with Crippen LogP contribution in [0, 0.1) is 24.0 Å². The van der Waals surface area contributed by atoms with Crippen LogP contribution in [-0.4, -0.2) is 36.9 Å². The third-order valence-electron chi connectivity index (χ3n) is 3.35. The van der Waals surface area contributed by atoms with Crippen LogP contribution >= 0.6 is 15.9 Å². The summed E-state index contributed by atoms with van der Waals surface area (Å²) in [5, 5.41) is 21.7. The van der Waals surface area contributed by atoms with Crippen molar-refractivity contribution in [2.45, 2.75) is 26.8 Å². The predicted octanol–water partition coefficient (Wildman–Crippen LogP) is 1.72. The van der Waals surface area contributed by atoms with E-state index in [0.29, 0.717) is 19.5 Å². The van der Waals surface area contributed by atoms with Gasteiger partial charge in [0.2, 0.25) is 5.69 Å². The molecule has 1 amide bonds. The summed E-state index contributed by atoms with van der Waals surface area (Å²) >= 11 is 3.46. The minimum Gasteiger partial charge on any atom is -0.350 e. The van der Waals surface area contributed by atoms with Crippen molar-refractivity contribution < 1.29 is 9.72 Å². The van der Waals surface area contributed by atoms with Gasteiger partial charge in [-0.2, -0.15) is 10.2 Å². The van der Waals surface area contributed by atoms with Crippen LogP contribution in [0.25, 0.3) is 0 Å². The van der Waals surface area contributed by atoms with Gasteiger partial charge in [0.15, 0.2) is 0 Å². The maximum absolute atomic E-state index is 12.0. The van der Waals surface area contributed by atoms with E-state index in [2.05, 4.69) is 31.4 Å². The minimum absolute atomic E-state index is 0.175. The lowest BCUT2D eigenvalue weighted by Crippen LogP contribution is -2.26. The molecular formula is C13H17BrN6O3. The summed E-state index contributed by atoms with van der Waals surface area (Å²) in [6.07, 6.45) is 1.86. The average Bonchev–Trinajstić information content (AvgIpc) is 3.00. The highest BCUT2D eigenvalue weighted by atomic mass is 79.9. The molecule has 2 heterocycles. The monoisotopic (exact) mass is 384 g/mol. The Morgan fingerprint density at radius 1 is 1.43 bits per heavy atom. The largest absolute Gasteiger partial charge is 0.350 e. The maximum Gasteiger partial charge on any atom is 0.320 e. The Bertz CT molecular complexity index is 751. The lowest BCUT2D eigenvalue weighted by molar-refractivity contribution is -0.385. The molecule has 0 atom stereocenters. The molecule has 1 N–H and O–H groups in total. The van der Waals surface area contributed by atoms with E-state index in [1.165, 1.54) is 17.9 Å². The molecule has 2 aromatic rings. The van der Waals surface area contributed by atoms with Crippen molar-refractivity contribution in [2.24, 2.45) is 7.05 Å². The van der Waals surface area contributed by atoms with Crippen LogP contribution in [0.5, 0.6) is 0 Å². The molecule has 0 aliphatic heterocycles. The van der Waals surface area contributed by atoms with E-state index in [9.17, 15) is 14.9 Å². The number of hydrogen-bond acceptors (Lipinski definition) is 5. The van der Waals surface area contributed by atoms with E-state index in [0.717, 1.165) is 15.9 Å². The zero-order valence-corrected chi connectivity index (χ0v) is 14.6.